The number of ether oxygens (including phenoxy) is 1. The molecule has 0 spiro atoms. The van der Waals surface area contributed by atoms with Gasteiger partial charge in [0.15, 0.2) is 23.2 Å². The normalized spacial score (nSPS) is 11.6. The standard InChI is InChI=1S/C21H16F5N7O2/c1-35-10-16-29-20(21(24,25)26)31-33(16)12-7-5-11(6-8-12)28-15-9-32(30-17(15)19(27)34)18-13(22)3-2-4-14(18)23/h2-9,28H,10H2,1H3,(H2,27,34). The quantitative estimate of drug-likeness (QED) is 0.380. The van der Waals surface area contributed by atoms with Crippen molar-refractivity contribution in [1.82, 2.24) is 24.5 Å². The zero-order valence-corrected chi connectivity index (χ0v) is 17.8. The van der Waals surface area contributed by atoms with Crippen molar-refractivity contribution in [3.63, 3.8) is 0 Å². The summed E-state index contributed by atoms with van der Waals surface area (Å²) in [6.07, 6.45) is -3.56. The molecular weight excluding hydrogens is 477 g/mol. The van der Waals surface area contributed by atoms with E-state index in [9.17, 15) is 26.7 Å². The minimum Gasteiger partial charge on any atom is -0.377 e. The maximum atomic E-state index is 14.1. The monoisotopic (exact) mass is 493 g/mol. The molecule has 35 heavy (non-hydrogen) atoms. The number of hydrogen-bond acceptors (Lipinski definition) is 6. The Balaban J connectivity index is 1.65. The highest BCUT2D eigenvalue weighted by Gasteiger charge is 2.37. The van der Waals surface area contributed by atoms with Crippen molar-refractivity contribution >= 4 is 17.3 Å². The van der Waals surface area contributed by atoms with E-state index in [1.54, 1.807) is 0 Å². The molecule has 0 bridgehead atoms. The summed E-state index contributed by atoms with van der Waals surface area (Å²) in [5.74, 6) is -4.14. The van der Waals surface area contributed by atoms with Crippen LogP contribution in [-0.4, -0.2) is 37.6 Å². The second-order valence-electron chi connectivity index (χ2n) is 7.14. The molecule has 182 valence electrons. The molecule has 2 heterocycles. The van der Waals surface area contributed by atoms with Crippen LogP contribution in [0.2, 0.25) is 0 Å². The first-order chi connectivity index (χ1) is 16.6. The fourth-order valence-electron chi connectivity index (χ4n) is 3.21. The molecule has 0 atom stereocenters. The fourth-order valence-corrected chi connectivity index (χ4v) is 3.21. The van der Waals surface area contributed by atoms with Crippen LogP contribution in [0.4, 0.5) is 33.3 Å². The number of primary amides is 1. The molecule has 0 saturated carbocycles. The van der Waals surface area contributed by atoms with Crippen molar-refractivity contribution < 1.29 is 31.5 Å². The van der Waals surface area contributed by atoms with Gasteiger partial charge in [-0.2, -0.15) is 18.3 Å². The van der Waals surface area contributed by atoms with Gasteiger partial charge in [0.05, 0.1) is 17.6 Å². The van der Waals surface area contributed by atoms with Crippen molar-refractivity contribution in [3.8, 4) is 11.4 Å². The van der Waals surface area contributed by atoms with Gasteiger partial charge in [0.1, 0.15) is 12.3 Å². The van der Waals surface area contributed by atoms with Gasteiger partial charge in [-0.05, 0) is 36.4 Å². The van der Waals surface area contributed by atoms with Crippen LogP contribution >= 0.6 is 0 Å². The second-order valence-corrected chi connectivity index (χ2v) is 7.14. The van der Waals surface area contributed by atoms with Crippen LogP contribution in [0.5, 0.6) is 0 Å². The zero-order valence-electron chi connectivity index (χ0n) is 17.8. The third-order valence-electron chi connectivity index (χ3n) is 4.71. The highest BCUT2D eigenvalue weighted by atomic mass is 19.4. The Morgan fingerprint density at radius 3 is 2.31 bits per heavy atom. The third kappa shape index (κ3) is 4.82. The Kier molecular flexibility index (Phi) is 6.22. The fraction of sp³-hybridized carbons (Fsp3) is 0.143. The maximum absolute atomic E-state index is 14.1. The van der Waals surface area contributed by atoms with E-state index in [-0.39, 0.29) is 29.5 Å². The average Bonchev–Trinajstić information content (AvgIpc) is 3.39. The van der Waals surface area contributed by atoms with Crippen LogP contribution in [0.3, 0.4) is 0 Å². The molecule has 4 rings (SSSR count). The molecule has 0 aliphatic heterocycles. The molecule has 0 unspecified atom stereocenters. The van der Waals surface area contributed by atoms with Crippen LogP contribution in [0, 0.1) is 11.6 Å². The molecule has 0 saturated heterocycles. The number of hydrogen-bond donors (Lipinski definition) is 2. The highest BCUT2D eigenvalue weighted by Crippen LogP contribution is 2.28. The predicted octanol–water partition coefficient (Wildman–Crippen LogP) is 3.74. The number of nitrogens with one attached hydrogen (secondary N) is 1. The minimum atomic E-state index is -4.74. The van der Waals surface area contributed by atoms with Gasteiger partial charge in [0.2, 0.25) is 0 Å². The molecule has 0 aliphatic carbocycles. The molecule has 9 nitrogen and oxygen atoms in total. The Bertz CT molecular complexity index is 1360. The van der Waals surface area contributed by atoms with Gasteiger partial charge in [-0.3, -0.25) is 4.79 Å². The lowest BCUT2D eigenvalue weighted by Crippen LogP contribution is -2.14. The van der Waals surface area contributed by atoms with Gasteiger partial charge in [-0.25, -0.2) is 23.1 Å². The summed E-state index contributed by atoms with van der Waals surface area (Å²) < 4.78 is 74.1. The number of benzene rings is 2. The number of para-hydroxylation sites is 1. The number of amides is 1. The minimum absolute atomic E-state index is 0.0492. The number of aromatic nitrogens is 5. The van der Waals surface area contributed by atoms with Crippen LogP contribution in [-0.2, 0) is 17.5 Å². The molecule has 2 aromatic carbocycles. The molecule has 4 aromatic rings. The van der Waals surface area contributed by atoms with E-state index in [0.717, 1.165) is 21.5 Å². The first-order valence-corrected chi connectivity index (χ1v) is 9.82. The number of alkyl halides is 3. The molecule has 0 aliphatic rings. The molecule has 3 N–H and O–H groups in total. The van der Waals surface area contributed by atoms with E-state index in [1.807, 2.05) is 0 Å². The number of rotatable bonds is 7. The van der Waals surface area contributed by atoms with E-state index < -0.39 is 35.2 Å². The summed E-state index contributed by atoms with van der Waals surface area (Å²) in [5, 5.41) is 10.2. The predicted molar refractivity (Wildman–Crippen MR) is 112 cm³/mol. The third-order valence-corrected chi connectivity index (χ3v) is 4.71. The van der Waals surface area contributed by atoms with Gasteiger partial charge in [0, 0.05) is 12.8 Å². The van der Waals surface area contributed by atoms with Crippen LogP contribution in [0.1, 0.15) is 22.1 Å². The first-order valence-electron chi connectivity index (χ1n) is 9.82. The number of carbonyl (C=O) groups is 1. The number of anilines is 2. The van der Waals surface area contributed by atoms with Gasteiger partial charge < -0.3 is 15.8 Å². The maximum Gasteiger partial charge on any atom is 0.453 e. The summed E-state index contributed by atoms with van der Waals surface area (Å²) in [4.78, 5) is 15.3. The van der Waals surface area contributed by atoms with Gasteiger partial charge in [0.25, 0.3) is 11.7 Å². The van der Waals surface area contributed by atoms with Crippen molar-refractivity contribution in [2.75, 3.05) is 12.4 Å². The van der Waals surface area contributed by atoms with Crippen molar-refractivity contribution in [1.29, 1.82) is 0 Å². The summed E-state index contributed by atoms with van der Waals surface area (Å²) in [5.41, 5.74) is 5.24. The zero-order chi connectivity index (χ0) is 25.3. The SMILES string of the molecule is COCc1nc(C(F)(F)F)nn1-c1ccc(Nc2cn(-c3c(F)cccc3F)nc2C(N)=O)cc1. The largest absolute Gasteiger partial charge is 0.453 e. The van der Waals surface area contributed by atoms with Gasteiger partial charge in [-0.1, -0.05) is 6.07 Å². The summed E-state index contributed by atoms with van der Waals surface area (Å²) in [7, 11) is 1.31. The van der Waals surface area contributed by atoms with E-state index in [0.29, 0.717) is 5.69 Å². The molecule has 2 aromatic heterocycles. The number of nitrogens with zero attached hydrogens (tertiary/aromatic N) is 5. The van der Waals surface area contributed by atoms with E-state index in [2.05, 4.69) is 20.5 Å². The summed E-state index contributed by atoms with van der Waals surface area (Å²) in [6, 6.07) is 9.09. The Labute approximate surface area is 193 Å². The summed E-state index contributed by atoms with van der Waals surface area (Å²) >= 11 is 0. The smallest absolute Gasteiger partial charge is 0.377 e. The van der Waals surface area contributed by atoms with Crippen LogP contribution in [0.15, 0.2) is 48.7 Å². The number of methoxy groups -OCH3 is 1. The number of nitrogens with two attached hydrogens (primary N) is 1. The summed E-state index contributed by atoms with van der Waals surface area (Å²) in [6.45, 7) is -0.211. The van der Waals surface area contributed by atoms with Crippen molar-refractivity contribution in [3.05, 3.63) is 77.6 Å². The number of halogens is 5. The topological polar surface area (TPSA) is 113 Å². The lowest BCUT2D eigenvalue weighted by molar-refractivity contribution is -0.144. The highest BCUT2D eigenvalue weighted by molar-refractivity contribution is 5.97. The van der Waals surface area contributed by atoms with Gasteiger partial charge >= 0.3 is 6.18 Å². The molecule has 1 amide bonds. The van der Waals surface area contributed by atoms with Gasteiger partial charge in [-0.15, -0.1) is 5.10 Å². The van der Waals surface area contributed by atoms with E-state index >= 15 is 0 Å². The Morgan fingerprint density at radius 1 is 1.09 bits per heavy atom. The second kappa shape index (κ2) is 9.13. The first kappa shape index (κ1) is 23.8. The molecule has 0 radical (unpaired) electrons. The Hall–Kier alpha value is -4.33. The molecular formula is C21H16F5N7O2. The van der Waals surface area contributed by atoms with E-state index in [4.69, 9.17) is 10.5 Å². The van der Waals surface area contributed by atoms with E-state index in [1.165, 1.54) is 43.6 Å². The van der Waals surface area contributed by atoms with Crippen molar-refractivity contribution in [2.45, 2.75) is 12.8 Å². The lowest BCUT2D eigenvalue weighted by atomic mass is 10.2. The average molecular weight is 493 g/mol. The van der Waals surface area contributed by atoms with Crippen LogP contribution in [0.25, 0.3) is 11.4 Å². The van der Waals surface area contributed by atoms with Crippen LogP contribution < -0.4 is 11.1 Å². The lowest BCUT2D eigenvalue weighted by Gasteiger charge is -2.08. The van der Waals surface area contributed by atoms with Crippen molar-refractivity contribution in [2.24, 2.45) is 5.73 Å². The number of carbonyl (C=O) groups excluding carboxylic acids is 1. The Morgan fingerprint density at radius 2 is 1.74 bits per heavy atom. The molecule has 0 fully saturated rings. The molecule has 14 heteroatoms.